The predicted molar refractivity (Wildman–Crippen MR) is 88.1 cm³/mol. The Bertz CT molecular complexity index is 753. The molecule has 0 atom stereocenters. The number of aromatic nitrogens is 1. The third kappa shape index (κ3) is 4.06. The molecule has 0 spiro atoms. The molecular formula is C17H19N3O3. The third-order valence-electron chi connectivity index (χ3n) is 3.52. The topological polar surface area (TPSA) is 82.3 Å². The molecule has 2 aromatic rings. The summed E-state index contributed by atoms with van der Waals surface area (Å²) in [6.45, 7) is 0.248. The standard InChI is InChI=1S/C17H19N3O3/c1-18-15(21)10-11-20(2)17(23)13-8-9-14(19-16(13)22)12-6-4-3-5-7-12/h3-9H,10-11H2,1-2H3,(H,18,21)(H,19,22). The fourth-order valence-corrected chi connectivity index (χ4v) is 2.13. The van der Waals surface area contributed by atoms with E-state index in [2.05, 4.69) is 10.3 Å². The first-order valence-corrected chi connectivity index (χ1v) is 7.27. The Morgan fingerprint density at radius 3 is 2.43 bits per heavy atom. The highest BCUT2D eigenvalue weighted by Gasteiger charge is 2.16. The van der Waals surface area contributed by atoms with E-state index in [1.807, 2.05) is 30.3 Å². The lowest BCUT2D eigenvalue weighted by molar-refractivity contribution is -0.120. The van der Waals surface area contributed by atoms with Gasteiger partial charge in [0.25, 0.3) is 11.5 Å². The van der Waals surface area contributed by atoms with E-state index >= 15 is 0 Å². The number of nitrogens with zero attached hydrogens (tertiary/aromatic N) is 1. The minimum atomic E-state index is -0.442. The minimum Gasteiger partial charge on any atom is -0.359 e. The number of hydrogen-bond donors (Lipinski definition) is 2. The molecule has 2 amide bonds. The van der Waals surface area contributed by atoms with Crippen LogP contribution in [0.5, 0.6) is 0 Å². The average Bonchev–Trinajstić information content (AvgIpc) is 2.59. The number of aromatic amines is 1. The van der Waals surface area contributed by atoms with Gasteiger partial charge < -0.3 is 15.2 Å². The molecule has 6 heteroatoms. The van der Waals surface area contributed by atoms with Crippen molar-refractivity contribution in [2.75, 3.05) is 20.6 Å². The van der Waals surface area contributed by atoms with E-state index < -0.39 is 11.5 Å². The number of carbonyl (C=O) groups excluding carboxylic acids is 2. The van der Waals surface area contributed by atoms with Crippen molar-refractivity contribution < 1.29 is 9.59 Å². The van der Waals surface area contributed by atoms with Gasteiger partial charge in [0.2, 0.25) is 5.91 Å². The van der Waals surface area contributed by atoms with E-state index in [-0.39, 0.29) is 24.4 Å². The van der Waals surface area contributed by atoms with Gasteiger partial charge in [-0.2, -0.15) is 0 Å². The van der Waals surface area contributed by atoms with Gasteiger partial charge in [-0.15, -0.1) is 0 Å². The highest BCUT2D eigenvalue weighted by molar-refractivity contribution is 5.94. The molecule has 0 aliphatic rings. The Balaban J connectivity index is 2.16. The quantitative estimate of drug-likeness (QED) is 0.871. The lowest BCUT2D eigenvalue weighted by Crippen LogP contribution is -2.34. The van der Waals surface area contributed by atoms with E-state index in [4.69, 9.17) is 0 Å². The van der Waals surface area contributed by atoms with Gasteiger partial charge in [0, 0.05) is 32.8 Å². The molecule has 0 radical (unpaired) electrons. The maximum Gasteiger partial charge on any atom is 0.261 e. The van der Waals surface area contributed by atoms with Gasteiger partial charge in [-0.25, -0.2) is 0 Å². The van der Waals surface area contributed by atoms with Crippen LogP contribution in [0.4, 0.5) is 0 Å². The van der Waals surface area contributed by atoms with Crippen molar-refractivity contribution in [2.24, 2.45) is 0 Å². The second-order valence-electron chi connectivity index (χ2n) is 5.13. The van der Waals surface area contributed by atoms with Crippen molar-refractivity contribution in [3.63, 3.8) is 0 Å². The number of pyridine rings is 1. The van der Waals surface area contributed by atoms with Crippen molar-refractivity contribution in [3.8, 4) is 11.3 Å². The zero-order valence-corrected chi connectivity index (χ0v) is 13.1. The second-order valence-corrected chi connectivity index (χ2v) is 5.13. The normalized spacial score (nSPS) is 10.2. The van der Waals surface area contributed by atoms with E-state index in [1.165, 1.54) is 18.0 Å². The van der Waals surface area contributed by atoms with Crippen molar-refractivity contribution >= 4 is 11.8 Å². The summed E-state index contributed by atoms with van der Waals surface area (Å²) in [6, 6.07) is 12.6. The lowest BCUT2D eigenvalue weighted by Gasteiger charge is -2.16. The largest absolute Gasteiger partial charge is 0.359 e. The van der Waals surface area contributed by atoms with E-state index in [9.17, 15) is 14.4 Å². The van der Waals surface area contributed by atoms with E-state index in [0.717, 1.165) is 5.56 Å². The molecule has 23 heavy (non-hydrogen) atoms. The lowest BCUT2D eigenvalue weighted by atomic mass is 10.1. The van der Waals surface area contributed by atoms with Gasteiger partial charge in [-0.1, -0.05) is 30.3 Å². The van der Waals surface area contributed by atoms with Gasteiger partial charge >= 0.3 is 0 Å². The first-order valence-electron chi connectivity index (χ1n) is 7.27. The van der Waals surface area contributed by atoms with E-state index in [1.54, 1.807) is 13.1 Å². The first kappa shape index (κ1) is 16.5. The van der Waals surface area contributed by atoms with Gasteiger partial charge in [0.1, 0.15) is 5.56 Å². The van der Waals surface area contributed by atoms with Gasteiger partial charge in [0.05, 0.1) is 0 Å². The fraction of sp³-hybridized carbons (Fsp3) is 0.235. The molecule has 6 nitrogen and oxygen atoms in total. The fourth-order valence-electron chi connectivity index (χ4n) is 2.13. The summed E-state index contributed by atoms with van der Waals surface area (Å²) in [4.78, 5) is 39.8. The smallest absolute Gasteiger partial charge is 0.261 e. The van der Waals surface area contributed by atoms with Gasteiger partial charge in [-0.3, -0.25) is 14.4 Å². The summed E-state index contributed by atoms with van der Waals surface area (Å²) in [5, 5.41) is 2.49. The zero-order chi connectivity index (χ0) is 16.8. The molecule has 120 valence electrons. The van der Waals surface area contributed by atoms with E-state index in [0.29, 0.717) is 5.69 Å². The van der Waals surface area contributed by atoms with Crippen LogP contribution < -0.4 is 10.9 Å². The maximum absolute atomic E-state index is 12.3. The summed E-state index contributed by atoms with van der Waals surface area (Å²) < 4.78 is 0. The monoisotopic (exact) mass is 313 g/mol. The Hall–Kier alpha value is -2.89. The Morgan fingerprint density at radius 2 is 1.83 bits per heavy atom. The maximum atomic E-state index is 12.3. The third-order valence-corrected chi connectivity index (χ3v) is 3.52. The second kappa shape index (κ2) is 7.40. The molecule has 0 saturated heterocycles. The molecule has 0 saturated carbocycles. The first-order chi connectivity index (χ1) is 11.0. The Kier molecular flexibility index (Phi) is 5.30. The van der Waals surface area contributed by atoms with Crippen LogP contribution in [-0.2, 0) is 4.79 Å². The number of hydrogen-bond acceptors (Lipinski definition) is 3. The van der Waals surface area contributed by atoms with Crippen LogP contribution in [0.25, 0.3) is 11.3 Å². The highest BCUT2D eigenvalue weighted by Crippen LogP contribution is 2.14. The van der Waals surface area contributed by atoms with Crippen LogP contribution >= 0.6 is 0 Å². The zero-order valence-electron chi connectivity index (χ0n) is 13.1. The number of H-pyrrole nitrogens is 1. The Morgan fingerprint density at radius 1 is 1.13 bits per heavy atom. The number of amides is 2. The summed E-state index contributed by atoms with van der Waals surface area (Å²) in [7, 11) is 3.10. The molecule has 1 heterocycles. The molecule has 0 unspecified atom stereocenters. The van der Waals surface area contributed by atoms with Crippen molar-refractivity contribution in [1.82, 2.24) is 15.2 Å². The predicted octanol–water partition coefficient (Wildman–Crippen LogP) is 1.25. The molecule has 0 aliphatic carbocycles. The molecule has 0 bridgehead atoms. The molecule has 2 N–H and O–H groups in total. The van der Waals surface area contributed by atoms with Crippen LogP contribution in [-0.4, -0.2) is 42.3 Å². The molecule has 0 fully saturated rings. The van der Waals surface area contributed by atoms with Gasteiger partial charge in [0.15, 0.2) is 0 Å². The SMILES string of the molecule is CNC(=O)CCN(C)C(=O)c1ccc(-c2ccccc2)[nH]c1=O. The molecule has 0 aliphatic heterocycles. The van der Waals surface area contributed by atoms with Crippen LogP contribution in [0.1, 0.15) is 16.8 Å². The minimum absolute atomic E-state index is 0.0593. The van der Waals surface area contributed by atoms with Crippen molar-refractivity contribution in [1.29, 1.82) is 0 Å². The Labute approximate surface area is 134 Å². The molecule has 1 aromatic heterocycles. The molecule has 2 rings (SSSR count). The summed E-state index contributed by atoms with van der Waals surface area (Å²) in [6.07, 6.45) is 0.193. The number of rotatable bonds is 5. The van der Waals surface area contributed by atoms with Crippen LogP contribution in [0, 0.1) is 0 Å². The highest BCUT2D eigenvalue weighted by atomic mass is 16.2. The summed E-state index contributed by atoms with van der Waals surface area (Å²) >= 11 is 0. The molecular weight excluding hydrogens is 294 g/mol. The molecule has 1 aromatic carbocycles. The van der Waals surface area contributed by atoms with Gasteiger partial charge in [-0.05, 0) is 17.7 Å². The van der Waals surface area contributed by atoms with Crippen molar-refractivity contribution in [2.45, 2.75) is 6.42 Å². The number of benzene rings is 1. The van der Waals surface area contributed by atoms with Crippen LogP contribution in [0.2, 0.25) is 0 Å². The summed E-state index contributed by atoms with van der Waals surface area (Å²) in [5.74, 6) is -0.562. The van der Waals surface area contributed by atoms with Crippen LogP contribution in [0.3, 0.4) is 0 Å². The number of carbonyl (C=O) groups is 2. The van der Waals surface area contributed by atoms with Crippen LogP contribution in [0.15, 0.2) is 47.3 Å². The summed E-state index contributed by atoms with van der Waals surface area (Å²) in [5.41, 5.74) is 1.14. The average molecular weight is 313 g/mol. The number of nitrogens with one attached hydrogen (secondary N) is 2. The van der Waals surface area contributed by atoms with Crippen molar-refractivity contribution in [3.05, 3.63) is 58.4 Å².